The summed E-state index contributed by atoms with van der Waals surface area (Å²) >= 11 is 17.7. The Balaban J connectivity index is 1.72. The summed E-state index contributed by atoms with van der Waals surface area (Å²) in [6.45, 7) is 0.612. The summed E-state index contributed by atoms with van der Waals surface area (Å²) in [5.41, 5.74) is 0.179. The fourth-order valence-corrected chi connectivity index (χ4v) is 4.81. The maximum atomic E-state index is 13.1. The second-order valence-electron chi connectivity index (χ2n) is 5.90. The fourth-order valence-electron chi connectivity index (χ4n) is 2.75. The molecule has 1 amide bonds. The molecule has 0 aliphatic carbocycles. The van der Waals surface area contributed by atoms with Crippen molar-refractivity contribution in [3.8, 4) is 0 Å². The van der Waals surface area contributed by atoms with Crippen LogP contribution < -0.4 is 0 Å². The second kappa shape index (κ2) is 7.93. The Morgan fingerprint density at radius 2 is 1.56 bits per heavy atom. The van der Waals surface area contributed by atoms with Crippen molar-refractivity contribution < 1.29 is 17.6 Å². The van der Waals surface area contributed by atoms with Crippen molar-refractivity contribution in [2.45, 2.75) is 4.90 Å². The van der Waals surface area contributed by atoms with Crippen molar-refractivity contribution in [3.05, 3.63) is 62.8 Å². The van der Waals surface area contributed by atoms with Crippen molar-refractivity contribution in [1.82, 2.24) is 9.21 Å². The third kappa shape index (κ3) is 4.22. The van der Waals surface area contributed by atoms with E-state index in [2.05, 4.69) is 0 Å². The highest BCUT2D eigenvalue weighted by molar-refractivity contribution is 7.89. The van der Waals surface area contributed by atoms with Gasteiger partial charge in [-0.2, -0.15) is 4.31 Å². The molecule has 0 saturated carbocycles. The van der Waals surface area contributed by atoms with E-state index >= 15 is 0 Å². The molecule has 2 aromatic rings. The van der Waals surface area contributed by atoms with Crippen LogP contribution in [0.1, 0.15) is 10.4 Å². The highest BCUT2D eigenvalue weighted by atomic mass is 35.5. The lowest BCUT2D eigenvalue weighted by Crippen LogP contribution is -2.50. The van der Waals surface area contributed by atoms with Crippen LogP contribution in [0.15, 0.2) is 41.3 Å². The van der Waals surface area contributed by atoms with Gasteiger partial charge in [-0.1, -0.05) is 34.8 Å². The number of benzene rings is 2. The monoisotopic (exact) mass is 450 g/mol. The number of piperazine rings is 1. The molecule has 5 nitrogen and oxygen atoms in total. The van der Waals surface area contributed by atoms with Gasteiger partial charge in [-0.05, 0) is 36.4 Å². The lowest BCUT2D eigenvalue weighted by molar-refractivity contribution is 0.0698. The van der Waals surface area contributed by atoms with Crippen molar-refractivity contribution in [3.63, 3.8) is 0 Å². The Labute approximate surface area is 171 Å². The van der Waals surface area contributed by atoms with E-state index in [1.54, 1.807) is 0 Å². The normalized spacial score (nSPS) is 15.8. The number of nitrogens with zero attached hydrogens (tertiary/aromatic N) is 2. The fraction of sp³-hybridized carbons (Fsp3) is 0.235. The maximum Gasteiger partial charge on any atom is 0.255 e. The Morgan fingerprint density at radius 3 is 2.15 bits per heavy atom. The van der Waals surface area contributed by atoms with E-state index < -0.39 is 15.8 Å². The van der Waals surface area contributed by atoms with Gasteiger partial charge in [0.15, 0.2) is 0 Å². The molecular formula is C17H14Cl3FN2O3S. The molecule has 0 atom stereocenters. The summed E-state index contributed by atoms with van der Waals surface area (Å²) in [4.78, 5) is 14.1. The number of sulfonamides is 1. The van der Waals surface area contributed by atoms with Gasteiger partial charge in [0.1, 0.15) is 5.82 Å². The van der Waals surface area contributed by atoms with Crippen LogP contribution in [-0.4, -0.2) is 49.7 Å². The zero-order chi connectivity index (χ0) is 19.8. The van der Waals surface area contributed by atoms with Crippen molar-refractivity contribution in [2.75, 3.05) is 26.2 Å². The summed E-state index contributed by atoms with van der Waals surface area (Å²) in [5, 5.41) is 0.436. The first-order chi connectivity index (χ1) is 12.7. The first-order valence-corrected chi connectivity index (χ1v) is 10.5. The number of amides is 1. The SMILES string of the molecule is O=C(c1ccc(F)cc1Cl)N1CCN(S(=O)(=O)c2ccc(Cl)c(Cl)c2)CC1. The van der Waals surface area contributed by atoms with Gasteiger partial charge in [0.25, 0.3) is 5.91 Å². The Bertz CT molecular complexity index is 993. The van der Waals surface area contributed by atoms with Crippen molar-refractivity contribution in [1.29, 1.82) is 0 Å². The number of halogens is 4. The van der Waals surface area contributed by atoms with E-state index in [0.717, 1.165) is 12.1 Å². The predicted molar refractivity (Wildman–Crippen MR) is 103 cm³/mol. The van der Waals surface area contributed by atoms with E-state index in [1.165, 1.54) is 33.5 Å². The quantitative estimate of drug-likeness (QED) is 0.710. The van der Waals surface area contributed by atoms with Crippen LogP contribution >= 0.6 is 34.8 Å². The van der Waals surface area contributed by atoms with Gasteiger partial charge in [-0.25, -0.2) is 12.8 Å². The van der Waals surface area contributed by atoms with Crippen LogP contribution in [-0.2, 0) is 10.0 Å². The molecule has 1 heterocycles. The largest absolute Gasteiger partial charge is 0.336 e. The molecule has 2 aromatic carbocycles. The smallest absolute Gasteiger partial charge is 0.255 e. The molecule has 0 spiro atoms. The molecule has 1 fully saturated rings. The van der Waals surface area contributed by atoms with Gasteiger partial charge in [-0.3, -0.25) is 4.79 Å². The van der Waals surface area contributed by atoms with Gasteiger partial charge >= 0.3 is 0 Å². The Morgan fingerprint density at radius 1 is 0.889 bits per heavy atom. The number of carbonyl (C=O) groups is 1. The number of carbonyl (C=O) groups excluding carboxylic acids is 1. The van der Waals surface area contributed by atoms with Gasteiger partial charge < -0.3 is 4.90 Å². The number of hydrogen-bond donors (Lipinski definition) is 0. The summed E-state index contributed by atoms with van der Waals surface area (Å²) in [6.07, 6.45) is 0. The molecule has 0 N–H and O–H groups in total. The van der Waals surface area contributed by atoms with Crippen LogP contribution in [0.25, 0.3) is 0 Å². The van der Waals surface area contributed by atoms with Gasteiger partial charge in [0.05, 0.1) is 25.5 Å². The predicted octanol–water partition coefficient (Wildman–Crippen LogP) is 3.93. The Kier molecular flexibility index (Phi) is 5.98. The molecular weight excluding hydrogens is 438 g/mol. The average Bonchev–Trinajstić information content (AvgIpc) is 2.63. The molecule has 1 saturated heterocycles. The van der Waals surface area contributed by atoms with Crippen LogP contribution in [0.2, 0.25) is 15.1 Å². The van der Waals surface area contributed by atoms with E-state index in [0.29, 0.717) is 0 Å². The molecule has 1 aliphatic rings. The molecule has 3 rings (SSSR count). The Hall–Kier alpha value is -1.38. The van der Waals surface area contributed by atoms with Crippen LogP contribution in [0.4, 0.5) is 4.39 Å². The number of rotatable bonds is 3. The third-order valence-electron chi connectivity index (χ3n) is 4.22. The van der Waals surface area contributed by atoms with Gasteiger partial charge in [-0.15, -0.1) is 0 Å². The van der Waals surface area contributed by atoms with E-state index in [9.17, 15) is 17.6 Å². The first kappa shape index (κ1) is 20.4. The molecule has 1 aliphatic heterocycles. The third-order valence-corrected chi connectivity index (χ3v) is 7.16. The molecule has 0 aromatic heterocycles. The van der Waals surface area contributed by atoms with Gasteiger partial charge in [0, 0.05) is 26.2 Å². The first-order valence-electron chi connectivity index (χ1n) is 7.89. The standard InChI is InChI=1S/C17H14Cl3FN2O3S/c18-14-4-2-12(10-16(14)20)27(25,26)23-7-5-22(6-8-23)17(24)13-3-1-11(21)9-15(13)19/h1-4,9-10H,5-8H2. The summed E-state index contributed by atoms with van der Waals surface area (Å²) in [7, 11) is -3.75. The molecule has 144 valence electrons. The molecule has 0 radical (unpaired) electrons. The second-order valence-corrected chi connectivity index (χ2v) is 9.06. The average molecular weight is 452 g/mol. The summed E-state index contributed by atoms with van der Waals surface area (Å²) in [5.74, 6) is -0.902. The molecule has 0 unspecified atom stereocenters. The summed E-state index contributed by atoms with van der Waals surface area (Å²) < 4.78 is 39.9. The van der Waals surface area contributed by atoms with Crippen LogP contribution in [0.3, 0.4) is 0 Å². The van der Waals surface area contributed by atoms with E-state index in [1.807, 2.05) is 0 Å². The molecule has 10 heteroatoms. The molecule has 0 bridgehead atoms. The maximum absolute atomic E-state index is 13.1. The van der Waals surface area contributed by atoms with Crippen LogP contribution in [0.5, 0.6) is 0 Å². The minimum atomic E-state index is -3.75. The minimum absolute atomic E-state index is 0.0193. The number of hydrogen-bond acceptors (Lipinski definition) is 3. The van der Waals surface area contributed by atoms with E-state index in [-0.39, 0.29) is 57.6 Å². The minimum Gasteiger partial charge on any atom is -0.336 e. The lowest BCUT2D eigenvalue weighted by Gasteiger charge is -2.34. The highest BCUT2D eigenvalue weighted by Crippen LogP contribution is 2.27. The van der Waals surface area contributed by atoms with Crippen molar-refractivity contribution >= 4 is 50.7 Å². The van der Waals surface area contributed by atoms with E-state index in [4.69, 9.17) is 34.8 Å². The topological polar surface area (TPSA) is 57.7 Å². The zero-order valence-corrected chi connectivity index (χ0v) is 16.9. The summed E-state index contributed by atoms with van der Waals surface area (Å²) in [6, 6.07) is 7.66. The van der Waals surface area contributed by atoms with Gasteiger partial charge in [0.2, 0.25) is 10.0 Å². The molecule has 27 heavy (non-hydrogen) atoms. The van der Waals surface area contributed by atoms with Crippen molar-refractivity contribution in [2.24, 2.45) is 0 Å². The highest BCUT2D eigenvalue weighted by Gasteiger charge is 2.31. The van der Waals surface area contributed by atoms with Crippen LogP contribution in [0, 0.1) is 5.82 Å². The zero-order valence-electron chi connectivity index (χ0n) is 13.8. The lowest BCUT2D eigenvalue weighted by atomic mass is 10.2.